The van der Waals surface area contributed by atoms with Gasteiger partial charge < -0.3 is 9.64 Å². The van der Waals surface area contributed by atoms with E-state index in [1.807, 2.05) is 11.8 Å². The van der Waals surface area contributed by atoms with Crippen molar-refractivity contribution in [2.24, 2.45) is 5.92 Å². The standard InChI is InChI=1S/C10H19NOS2/c1-3-11(4-2)10(13)14-6-5-9-7-12-8-9/h9H,3-8H2,1-2H3. The first-order valence-electron chi connectivity index (χ1n) is 5.27. The molecule has 0 bridgehead atoms. The number of hydrogen-bond donors (Lipinski definition) is 0. The summed E-state index contributed by atoms with van der Waals surface area (Å²) in [7, 11) is 0. The first-order valence-corrected chi connectivity index (χ1v) is 6.66. The van der Waals surface area contributed by atoms with Gasteiger partial charge in [-0.2, -0.15) is 0 Å². The molecule has 0 saturated carbocycles. The van der Waals surface area contributed by atoms with Crippen LogP contribution in [0, 0.1) is 5.92 Å². The Balaban J connectivity index is 2.06. The molecule has 0 amide bonds. The SMILES string of the molecule is CCN(CC)C(=S)SCCC1COC1. The van der Waals surface area contributed by atoms with Crippen LogP contribution in [0.15, 0.2) is 0 Å². The van der Waals surface area contributed by atoms with Crippen LogP contribution in [0.2, 0.25) is 0 Å². The van der Waals surface area contributed by atoms with Crippen LogP contribution in [0.4, 0.5) is 0 Å². The third-order valence-electron chi connectivity index (χ3n) is 2.48. The van der Waals surface area contributed by atoms with E-state index in [1.54, 1.807) is 0 Å². The number of ether oxygens (including phenoxy) is 1. The van der Waals surface area contributed by atoms with Crippen molar-refractivity contribution in [1.29, 1.82) is 0 Å². The van der Waals surface area contributed by atoms with Crippen molar-refractivity contribution in [2.75, 3.05) is 32.1 Å². The second kappa shape index (κ2) is 6.64. The summed E-state index contributed by atoms with van der Waals surface area (Å²) in [4.78, 5) is 2.23. The number of thioether (sulfide) groups is 1. The summed E-state index contributed by atoms with van der Waals surface area (Å²) >= 11 is 7.15. The van der Waals surface area contributed by atoms with Crippen LogP contribution in [0.3, 0.4) is 0 Å². The molecule has 0 aromatic heterocycles. The highest BCUT2D eigenvalue weighted by Gasteiger charge is 2.18. The molecule has 14 heavy (non-hydrogen) atoms. The molecular formula is C10H19NOS2. The molecule has 1 heterocycles. The first-order chi connectivity index (χ1) is 6.77. The second-order valence-electron chi connectivity index (χ2n) is 3.48. The highest BCUT2D eigenvalue weighted by molar-refractivity contribution is 8.22. The van der Waals surface area contributed by atoms with Gasteiger partial charge in [0.25, 0.3) is 0 Å². The van der Waals surface area contributed by atoms with E-state index in [0.29, 0.717) is 0 Å². The smallest absolute Gasteiger partial charge is 0.136 e. The number of rotatable bonds is 5. The van der Waals surface area contributed by atoms with Gasteiger partial charge in [0, 0.05) is 24.8 Å². The maximum Gasteiger partial charge on any atom is 0.136 e. The van der Waals surface area contributed by atoms with Gasteiger partial charge in [-0.25, -0.2) is 0 Å². The second-order valence-corrected chi connectivity index (χ2v) is 5.21. The average molecular weight is 233 g/mol. The molecule has 1 saturated heterocycles. The van der Waals surface area contributed by atoms with E-state index in [2.05, 4.69) is 18.7 Å². The lowest BCUT2D eigenvalue weighted by Gasteiger charge is -2.26. The fourth-order valence-electron chi connectivity index (χ4n) is 1.34. The lowest BCUT2D eigenvalue weighted by Crippen LogP contribution is -2.29. The van der Waals surface area contributed by atoms with E-state index in [0.717, 1.165) is 42.3 Å². The summed E-state index contributed by atoms with van der Waals surface area (Å²) in [5.41, 5.74) is 0. The summed E-state index contributed by atoms with van der Waals surface area (Å²) in [6, 6.07) is 0. The molecule has 0 aliphatic carbocycles. The maximum atomic E-state index is 5.34. The summed E-state index contributed by atoms with van der Waals surface area (Å²) < 4.78 is 6.18. The molecule has 0 aromatic rings. The monoisotopic (exact) mass is 233 g/mol. The maximum absolute atomic E-state index is 5.34. The highest BCUT2D eigenvalue weighted by atomic mass is 32.2. The van der Waals surface area contributed by atoms with Crippen LogP contribution < -0.4 is 0 Å². The Morgan fingerprint density at radius 2 is 2.07 bits per heavy atom. The van der Waals surface area contributed by atoms with Gasteiger partial charge in [0.2, 0.25) is 0 Å². The number of nitrogens with zero attached hydrogens (tertiary/aromatic N) is 1. The molecule has 0 atom stereocenters. The van der Waals surface area contributed by atoms with Gasteiger partial charge in [0.1, 0.15) is 4.32 Å². The molecule has 0 unspecified atom stereocenters. The lowest BCUT2D eigenvalue weighted by atomic mass is 10.1. The summed E-state index contributed by atoms with van der Waals surface area (Å²) in [5.74, 6) is 1.94. The van der Waals surface area contributed by atoms with Crippen molar-refractivity contribution in [3.05, 3.63) is 0 Å². The van der Waals surface area contributed by atoms with E-state index in [4.69, 9.17) is 17.0 Å². The molecule has 2 nitrogen and oxygen atoms in total. The molecule has 0 radical (unpaired) electrons. The van der Waals surface area contributed by atoms with Crippen LogP contribution in [-0.2, 0) is 4.74 Å². The van der Waals surface area contributed by atoms with Gasteiger partial charge in [-0.1, -0.05) is 24.0 Å². The van der Waals surface area contributed by atoms with Gasteiger partial charge in [0.15, 0.2) is 0 Å². The highest BCUT2D eigenvalue weighted by Crippen LogP contribution is 2.19. The molecular weight excluding hydrogens is 214 g/mol. The third-order valence-corrected chi connectivity index (χ3v) is 4.04. The topological polar surface area (TPSA) is 12.5 Å². The van der Waals surface area contributed by atoms with Gasteiger partial charge in [-0.3, -0.25) is 0 Å². The summed E-state index contributed by atoms with van der Waals surface area (Å²) in [5, 5.41) is 0. The fraction of sp³-hybridized carbons (Fsp3) is 0.900. The molecule has 0 spiro atoms. The molecule has 1 rings (SSSR count). The molecule has 1 aliphatic heterocycles. The van der Waals surface area contributed by atoms with E-state index >= 15 is 0 Å². The normalized spacial score (nSPS) is 16.4. The minimum Gasteiger partial charge on any atom is -0.381 e. The summed E-state index contributed by atoms with van der Waals surface area (Å²) in [6.45, 7) is 8.26. The molecule has 0 N–H and O–H groups in total. The lowest BCUT2D eigenvalue weighted by molar-refractivity contribution is -0.0325. The zero-order valence-electron chi connectivity index (χ0n) is 8.99. The van der Waals surface area contributed by atoms with Crippen molar-refractivity contribution in [3.8, 4) is 0 Å². The minimum absolute atomic E-state index is 0.794. The average Bonchev–Trinajstić information content (AvgIpc) is 2.11. The Kier molecular flexibility index (Phi) is 5.82. The zero-order chi connectivity index (χ0) is 10.4. The van der Waals surface area contributed by atoms with Crippen molar-refractivity contribution in [1.82, 2.24) is 4.90 Å². The van der Waals surface area contributed by atoms with Crippen molar-refractivity contribution in [3.63, 3.8) is 0 Å². The van der Waals surface area contributed by atoms with Gasteiger partial charge in [-0.05, 0) is 20.3 Å². The Hall–Kier alpha value is 0.200. The number of hydrogen-bond acceptors (Lipinski definition) is 3. The van der Waals surface area contributed by atoms with Crippen LogP contribution in [0.25, 0.3) is 0 Å². The van der Waals surface area contributed by atoms with Gasteiger partial charge >= 0.3 is 0 Å². The van der Waals surface area contributed by atoms with Crippen LogP contribution in [-0.4, -0.2) is 41.3 Å². The predicted octanol–water partition coefficient (Wildman–Crippen LogP) is 2.38. The molecule has 82 valence electrons. The van der Waals surface area contributed by atoms with Gasteiger partial charge in [0.05, 0.1) is 13.2 Å². The van der Waals surface area contributed by atoms with E-state index < -0.39 is 0 Å². The van der Waals surface area contributed by atoms with Crippen LogP contribution >= 0.6 is 24.0 Å². The van der Waals surface area contributed by atoms with Crippen molar-refractivity contribution < 1.29 is 4.74 Å². The molecule has 4 heteroatoms. The first kappa shape index (κ1) is 12.3. The molecule has 1 aliphatic rings. The Morgan fingerprint density at radius 1 is 1.43 bits per heavy atom. The zero-order valence-corrected chi connectivity index (χ0v) is 10.6. The van der Waals surface area contributed by atoms with Crippen molar-refractivity contribution >= 4 is 28.3 Å². The molecule has 1 fully saturated rings. The fourth-order valence-corrected chi connectivity index (χ4v) is 2.91. The quantitative estimate of drug-likeness (QED) is 0.676. The Morgan fingerprint density at radius 3 is 2.50 bits per heavy atom. The molecule has 0 aromatic carbocycles. The van der Waals surface area contributed by atoms with Crippen molar-refractivity contribution in [2.45, 2.75) is 20.3 Å². The van der Waals surface area contributed by atoms with Crippen LogP contribution in [0.5, 0.6) is 0 Å². The van der Waals surface area contributed by atoms with E-state index in [9.17, 15) is 0 Å². The van der Waals surface area contributed by atoms with E-state index in [-0.39, 0.29) is 0 Å². The van der Waals surface area contributed by atoms with Gasteiger partial charge in [-0.15, -0.1) is 0 Å². The van der Waals surface area contributed by atoms with E-state index in [1.165, 1.54) is 6.42 Å². The third kappa shape index (κ3) is 3.75. The Labute approximate surface area is 96.4 Å². The van der Waals surface area contributed by atoms with Crippen LogP contribution in [0.1, 0.15) is 20.3 Å². The Bertz CT molecular complexity index is 179. The largest absolute Gasteiger partial charge is 0.381 e. The predicted molar refractivity (Wildman–Crippen MR) is 66.9 cm³/mol. The number of thiocarbonyl (C=S) groups is 1. The summed E-state index contributed by atoms with van der Waals surface area (Å²) in [6.07, 6.45) is 1.24. The minimum atomic E-state index is 0.794.